The van der Waals surface area contributed by atoms with E-state index in [1.807, 2.05) is 47.6 Å². The van der Waals surface area contributed by atoms with Crippen LogP contribution in [0, 0.1) is 26.7 Å². The summed E-state index contributed by atoms with van der Waals surface area (Å²) in [6, 6.07) is 12.2. The fraction of sp³-hybridized carbons (Fsp3) is 0.409. The largest absolute Gasteiger partial charge is 0.352 e. The number of rotatable bonds is 7. The Bertz CT molecular complexity index is 915. The zero-order valence-electron chi connectivity index (χ0n) is 17.5. The van der Waals surface area contributed by atoms with E-state index in [2.05, 4.69) is 5.32 Å². The number of nitrogens with zero attached hydrogens (tertiary/aromatic N) is 1. The number of benzene rings is 2. The van der Waals surface area contributed by atoms with Crippen molar-refractivity contribution in [3.05, 3.63) is 59.2 Å². The van der Waals surface area contributed by atoms with Crippen LogP contribution in [0.1, 0.15) is 37.5 Å². The zero-order valence-corrected chi connectivity index (χ0v) is 18.3. The summed E-state index contributed by atoms with van der Waals surface area (Å²) in [5, 5.41) is 2.90. The van der Waals surface area contributed by atoms with Crippen molar-refractivity contribution in [2.45, 2.75) is 52.5 Å². The summed E-state index contributed by atoms with van der Waals surface area (Å²) < 4.78 is 27.9. The molecule has 152 valence electrons. The molecule has 6 heteroatoms. The predicted molar refractivity (Wildman–Crippen MR) is 114 cm³/mol. The molecule has 0 saturated heterocycles. The third kappa shape index (κ3) is 5.35. The Labute approximate surface area is 168 Å². The second-order valence-corrected chi connectivity index (χ2v) is 9.63. The normalized spacial score (nSPS) is 12.7. The average Bonchev–Trinajstić information content (AvgIpc) is 2.58. The SMILES string of the molecule is Cc1ccc(S(=O)(=O)N(CC(=O)N[C@@H](C)C(C)C)c2cc(C)cc(C)c2)cc1. The maximum absolute atomic E-state index is 13.4. The molecular weight excluding hydrogens is 372 g/mol. The van der Waals surface area contributed by atoms with Crippen LogP contribution in [0.3, 0.4) is 0 Å². The average molecular weight is 403 g/mol. The van der Waals surface area contributed by atoms with Crippen molar-refractivity contribution in [1.82, 2.24) is 5.32 Å². The van der Waals surface area contributed by atoms with Crippen LogP contribution in [0.2, 0.25) is 0 Å². The van der Waals surface area contributed by atoms with Gasteiger partial charge in [-0.2, -0.15) is 0 Å². The van der Waals surface area contributed by atoms with Crippen LogP contribution >= 0.6 is 0 Å². The summed E-state index contributed by atoms with van der Waals surface area (Å²) in [5.74, 6) is -0.0663. The van der Waals surface area contributed by atoms with E-state index in [4.69, 9.17) is 0 Å². The lowest BCUT2D eigenvalue weighted by Gasteiger charge is -2.26. The molecule has 0 aliphatic heterocycles. The van der Waals surface area contributed by atoms with E-state index < -0.39 is 10.0 Å². The van der Waals surface area contributed by atoms with E-state index in [1.165, 1.54) is 4.31 Å². The molecule has 0 heterocycles. The summed E-state index contributed by atoms with van der Waals surface area (Å²) in [6.07, 6.45) is 0. The van der Waals surface area contributed by atoms with Gasteiger partial charge in [-0.1, -0.05) is 37.6 Å². The minimum absolute atomic E-state index is 0.0457. The second-order valence-electron chi connectivity index (χ2n) is 7.77. The zero-order chi connectivity index (χ0) is 21.1. The summed E-state index contributed by atoms with van der Waals surface area (Å²) >= 11 is 0. The molecule has 0 aliphatic carbocycles. The molecular formula is C22H30N2O3S. The minimum atomic E-state index is -3.88. The molecule has 0 aliphatic rings. The van der Waals surface area contributed by atoms with Crippen molar-refractivity contribution in [2.75, 3.05) is 10.8 Å². The first kappa shape index (κ1) is 22.0. The van der Waals surface area contributed by atoms with Gasteiger partial charge in [0.2, 0.25) is 5.91 Å². The van der Waals surface area contributed by atoms with Gasteiger partial charge in [-0.15, -0.1) is 0 Å². The van der Waals surface area contributed by atoms with Gasteiger partial charge in [-0.3, -0.25) is 9.10 Å². The Kier molecular flexibility index (Phi) is 6.88. The van der Waals surface area contributed by atoms with Crippen LogP contribution in [-0.4, -0.2) is 26.9 Å². The molecule has 0 spiro atoms. The third-order valence-electron chi connectivity index (χ3n) is 4.78. The monoisotopic (exact) mass is 402 g/mol. The van der Waals surface area contributed by atoms with Gasteiger partial charge in [0.05, 0.1) is 10.6 Å². The van der Waals surface area contributed by atoms with Gasteiger partial charge in [-0.25, -0.2) is 8.42 Å². The highest BCUT2D eigenvalue weighted by Gasteiger charge is 2.28. The fourth-order valence-corrected chi connectivity index (χ4v) is 4.25. The van der Waals surface area contributed by atoms with Gasteiger partial charge in [0.15, 0.2) is 0 Å². The molecule has 2 aromatic rings. The number of carbonyl (C=O) groups excluding carboxylic acids is 1. The van der Waals surface area contributed by atoms with E-state index in [-0.39, 0.29) is 29.3 Å². The Morgan fingerprint density at radius 1 is 0.929 bits per heavy atom. The Hall–Kier alpha value is -2.34. The number of hydrogen-bond acceptors (Lipinski definition) is 3. The summed E-state index contributed by atoms with van der Waals surface area (Å²) in [6.45, 7) is 11.4. The van der Waals surface area contributed by atoms with E-state index in [0.717, 1.165) is 16.7 Å². The summed E-state index contributed by atoms with van der Waals surface area (Å²) in [7, 11) is -3.88. The fourth-order valence-electron chi connectivity index (χ4n) is 2.84. The van der Waals surface area contributed by atoms with Crippen molar-refractivity contribution in [1.29, 1.82) is 0 Å². The van der Waals surface area contributed by atoms with E-state index in [0.29, 0.717) is 5.69 Å². The highest BCUT2D eigenvalue weighted by Crippen LogP contribution is 2.26. The van der Waals surface area contributed by atoms with Gasteiger partial charge < -0.3 is 5.32 Å². The highest BCUT2D eigenvalue weighted by molar-refractivity contribution is 7.92. The maximum atomic E-state index is 13.4. The van der Waals surface area contributed by atoms with Crippen molar-refractivity contribution in [3.63, 3.8) is 0 Å². The van der Waals surface area contributed by atoms with Crippen molar-refractivity contribution in [3.8, 4) is 0 Å². The molecule has 1 N–H and O–H groups in total. The number of carbonyl (C=O) groups is 1. The number of hydrogen-bond donors (Lipinski definition) is 1. The van der Waals surface area contributed by atoms with Gasteiger partial charge >= 0.3 is 0 Å². The molecule has 1 atom stereocenters. The van der Waals surface area contributed by atoms with E-state index in [1.54, 1.807) is 36.4 Å². The van der Waals surface area contributed by atoms with Crippen LogP contribution < -0.4 is 9.62 Å². The highest BCUT2D eigenvalue weighted by atomic mass is 32.2. The lowest BCUT2D eigenvalue weighted by Crippen LogP contribution is -2.45. The molecule has 28 heavy (non-hydrogen) atoms. The summed E-state index contributed by atoms with van der Waals surface area (Å²) in [5.41, 5.74) is 3.34. The number of sulfonamides is 1. The van der Waals surface area contributed by atoms with Gasteiger partial charge in [-0.05, 0) is 69.0 Å². The van der Waals surface area contributed by atoms with E-state index in [9.17, 15) is 13.2 Å². The molecule has 1 amide bonds. The van der Waals surface area contributed by atoms with Gasteiger partial charge in [0.1, 0.15) is 6.54 Å². The molecule has 2 rings (SSSR count). The van der Waals surface area contributed by atoms with E-state index >= 15 is 0 Å². The third-order valence-corrected chi connectivity index (χ3v) is 6.57. The van der Waals surface area contributed by atoms with Crippen LogP contribution in [0.25, 0.3) is 0 Å². The Morgan fingerprint density at radius 2 is 1.46 bits per heavy atom. The first-order chi connectivity index (χ1) is 13.0. The number of amides is 1. The first-order valence-electron chi connectivity index (χ1n) is 9.48. The number of aryl methyl sites for hydroxylation is 3. The number of anilines is 1. The maximum Gasteiger partial charge on any atom is 0.264 e. The smallest absolute Gasteiger partial charge is 0.264 e. The topological polar surface area (TPSA) is 66.5 Å². The minimum Gasteiger partial charge on any atom is -0.352 e. The number of nitrogens with one attached hydrogen (secondary N) is 1. The molecule has 0 unspecified atom stereocenters. The molecule has 0 radical (unpaired) electrons. The van der Waals surface area contributed by atoms with Crippen LogP contribution in [0.4, 0.5) is 5.69 Å². The molecule has 0 aromatic heterocycles. The van der Waals surface area contributed by atoms with Crippen molar-refractivity contribution >= 4 is 21.6 Å². The van der Waals surface area contributed by atoms with Crippen LogP contribution in [0.15, 0.2) is 47.4 Å². The van der Waals surface area contributed by atoms with Gasteiger partial charge in [0, 0.05) is 6.04 Å². The standard InChI is InChI=1S/C22H30N2O3S/c1-15(2)19(6)23-22(25)14-24(20-12-17(4)11-18(5)13-20)28(26,27)21-9-7-16(3)8-10-21/h7-13,15,19H,14H2,1-6H3,(H,23,25)/t19-/m0/s1. The molecule has 0 bridgehead atoms. The molecule has 5 nitrogen and oxygen atoms in total. The molecule has 0 fully saturated rings. The quantitative estimate of drug-likeness (QED) is 0.762. The predicted octanol–water partition coefficient (Wildman–Crippen LogP) is 3.97. The van der Waals surface area contributed by atoms with Crippen molar-refractivity contribution in [2.24, 2.45) is 5.92 Å². The molecule has 0 saturated carbocycles. The van der Waals surface area contributed by atoms with Crippen LogP contribution in [0.5, 0.6) is 0 Å². The first-order valence-corrected chi connectivity index (χ1v) is 10.9. The second kappa shape index (κ2) is 8.78. The summed E-state index contributed by atoms with van der Waals surface area (Å²) in [4.78, 5) is 12.8. The van der Waals surface area contributed by atoms with Crippen molar-refractivity contribution < 1.29 is 13.2 Å². The molecule has 2 aromatic carbocycles. The Balaban J connectivity index is 2.46. The lowest BCUT2D eigenvalue weighted by molar-refractivity contribution is -0.120. The lowest BCUT2D eigenvalue weighted by atomic mass is 10.1. The van der Waals surface area contributed by atoms with Crippen LogP contribution in [-0.2, 0) is 14.8 Å². The van der Waals surface area contributed by atoms with Gasteiger partial charge in [0.25, 0.3) is 10.0 Å². The Morgan fingerprint density at radius 3 is 1.96 bits per heavy atom.